The molecule has 0 amide bonds. The van der Waals surface area contributed by atoms with Crippen LogP contribution in [0.4, 0.5) is 0 Å². The normalized spacial score (nSPS) is 10.8. The third kappa shape index (κ3) is 4.36. The molecule has 16 heavy (non-hydrogen) atoms. The number of benzene rings is 1. The minimum atomic E-state index is 0.882. The Morgan fingerprint density at radius 1 is 1.38 bits per heavy atom. The number of nitrogens with zero attached hydrogens (tertiary/aromatic N) is 1. The lowest BCUT2D eigenvalue weighted by Gasteiger charge is -2.15. The van der Waals surface area contributed by atoms with Crippen LogP contribution in [0.25, 0.3) is 0 Å². The van der Waals surface area contributed by atoms with Crippen molar-refractivity contribution >= 4 is 28.6 Å². The van der Waals surface area contributed by atoms with E-state index in [-0.39, 0.29) is 0 Å². The zero-order chi connectivity index (χ0) is 12.0. The van der Waals surface area contributed by atoms with Crippen molar-refractivity contribution in [1.82, 2.24) is 4.90 Å². The lowest BCUT2D eigenvalue weighted by molar-refractivity contribution is 0.360. The molecule has 0 aliphatic heterocycles. The molecule has 0 unspecified atom stereocenters. The van der Waals surface area contributed by atoms with Gasteiger partial charge >= 0.3 is 0 Å². The van der Waals surface area contributed by atoms with E-state index in [1.165, 1.54) is 5.56 Å². The average molecular weight is 304 g/mol. The molecule has 0 atom stereocenters. The first-order valence-corrected chi connectivity index (χ1v) is 6.71. The highest BCUT2D eigenvalue weighted by Crippen LogP contribution is 2.25. The maximum atomic E-state index is 5.20. The Hall–Kier alpha value is -0.190. The van der Waals surface area contributed by atoms with Crippen molar-refractivity contribution in [2.24, 2.45) is 0 Å². The number of rotatable bonds is 6. The number of ether oxygens (including phenoxy) is 1. The van der Waals surface area contributed by atoms with Crippen molar-refractivity contribution in [3.63, 3.8) is 0 Å². The molecule has 1 aromatic carbocycles. The van der Waals surface area contributed by atoms with Gasteiger partial charge in [-0.25, -0.2) is 0 Å². The molecule has 0 N–H and O–H groups in total. The van der Waals surface area contributed by atoms with Crippen LogP contribution >= 0.6 is 28.6 Å². The molecule has 0 aliphatic carbocycles. The molecule has 90 valence electrons. The predicted molar refractivity (Wildman–Crippen MR) is 75.7 cm³/mol. The zero-order valence-electron chi connectivity index (χ0n) is 9.74. The minimum Gasteiger partial charge on any atom is -0.496 e. The highest BCUT2D eigenvalue weighted by atomic mass is 79.9. The molecule has 1 rings (SSSR count). The van der Waals surface area contributed by atoms with Gasteiger partial charge in [-0.05, 0) is 47.1 Å². The number of methoxy groups -OCH3 is 1. The van der Waals surface area contributed by atoms with Crippen LogP contribution in [0.2, 0.25) is 0 Å². The molecule has 2 nitrogen and oxygen atoms in total. The van der Waals surface area contributed by atoms with Crippen LogP contribution in [0.3, 0.4) is 0 Å². The van der Waals surface area contributed by atoms with E-state index in [9.17, 15) is 0 Å². The van der Waals surface area contributed by atoms with E-state index in [2.05, 4.69) is 52.6 Å². The fraction of sp³-hybridized carbons (Fsp3) is 0.500. The second kappa shape index (κ2) is 7.20. The highest BCUT2D eigenvalue weighted by molar-refractivity contribution is 9.10. The van der Waals surface area contributed by atoms with Crippen LogP contribution < -0.4 is 4.74 Å². The number of thiol groups is 1. The monoisotopic (exact) mass is 303 g/mol. The SMILES string of the molecule is COc1ccc(CCN(C)CCS)cc1Br. The minimum absolute atomic E-state index is 0.882. The molecule has 0 spiro atoms. The summed E-state index contributed by atoms with van der Waals surface area (Å²) in [4.78, 5) is 2.28. The first-order chi connectivity index (χ1) is 7.67. The quantitative estimate of drug-likeness (QED) is 0.811. The molecule has 0 bridgehead atoms. The van der Waals surface area contributed by atoms with Crippen molar-refractivity contribution in [3.8, 4) is 5.75 Å². The maximum Gasteiger partial charge on any atom is 0.133 e. The van der Waals surface area contributed by atoms with E-state index < -0.39 is 0 Å². The molecule has 0 aliphatic rings. The second-order valence-corrected chi connectivity index (χ2v) is 5.05. The Morgan fingerprint density at radius 3 is 2.69 bits per heavy atom. The highest BCUT2D eigenvalue weighted by Gasteiger charge is 2.02. The maximum absolute atomic E-state index is 5.20. The summed E-state index contributed by atoms with van der Waals surface area (Å²) in [6, 6.07) is 6.23. The van der Waals surface area contributed by atoms with Crippen molar-refractivity contribution in [1.29, 1.82) is 0 Å². The van der Waals surface area contributed by atoms with Crippen LogP contribution in [-0.2, 0) is 6.42 Å². The Balaban J connectivity index is 2.51. The molecule has 0 fully saturated rings. The van der Waals surface area contributed by atoms with E-state index >= 15 is 0 Å². The molecule has 0 aromatic heterocycles. The van der Waals surface area contributed by atoms with Gasteiger partial charge in [0.1, 0.15) is 5.75 Å². The summed E-state index contributed by atoms with van der Waals surface area (Å²) >= 11 is 7.71. The number of halogens is 1. The van der Waals surface area contributed by atoms with E-state index in [1.54, 1.807) is 7.11 Å². The van der Waals surface area contributed by atoms with Gasteiger partial charge in [-0.2, -0.15) is 12.6 Å². The first-order valence-electron chi connectivity index (χ1n) is 5.29. The molecule has 1 aromatic rings. The first kappa shape index (κ1) is 13.9. The molecular formula is C12H18BrNOS. The van der Waals surface area contributed by atoms with Gasteiger partial charge in [0.2, 0.25) is 0 Å². The van der Waals surface area contributed by atoms with E-state index in [0.29, 0.717) is 0 Å². The topological polar surface area (TPSA) is 12.5 Å². The van der Waals surface area contributed by atoms with Crippen LogP contribution in [-0.4, -0.2) is 37.9 Å². The van der Waals surface area contributed by atoms with E-state index in [0.717, 1.165) is 35.5 Å². The summed E-state index contributed by atoms with van der Waals surface area (Å²) < 4.78 is 6.21. The number of likely N-dealkylation sites (N-methyl/N-ethyl adjacent to an activating group) is 1. The summed E-state index contributed by atoms with van der Waals surface area (Å²) in [7, 11) is 3.80. The smallest absolute Gasteiger partial charge is 0.133 e. The summed E-state index contributed by atoms with van der Waals surface area (Å²) in [5.74, 6) is 1.79. The van der Waals surface area contributed by atoms with Gasteiger partial charge < -0.3 is 9.64 Å². The van der Waals surface area contributed by atoms with Crippen molar-refractivity contribution in [2.45, 2.75) is 6.42 Å². The van der Waals surface area contributed by atoms with Gasteiger partial charge in [-0.3, -0.25) is 0 Å². The summed E-state index contributed by atoms with van der Waals surface area (Å²) in [6.45, 7) is 2.08. The second-order valence-electron chi connectivity index (χ2n) is 3.75. The Labute approximate surface area is 112 Å². The third-order valence-corrected chi connectivity index (χ3v) is 3.30. The van der Waals surface area contributed by atoms with Gasteiger partial charge in [0.05, 0.1) is 11.6 Å². The fourth-order valence-electron chi connectivity index (χ4n) is 1.47. The van der Waals surface area contributed by atoms with Gasteiger partial charge in [0.15, 0.2) is 0 Å². The Bertz CT molecular complexity index is 333. The number of hydrogen-bond acceptors (Lipinski definition) is 3. The third-order valence-electron chi connectivity index (χ3n) is 2.48. The fourth-order valence-corrected chi connectivity index (χ4v) is 2.40. The Morgan fingerprint density at radius 2 is 2.12 bits per heavy atom. The zero-order valence-corrected chi connectivity index (χ0v) is 12.2. The van der Waals surface area contributed by atoms with E-state index in [4.69, 9.17) is 4.74 Å². The standard InChI is InChI=1S/C12H18BrNOS/c1-14(7-8-16)6-5-10-3-4-12(15-2)11(13)9-10/h3-4,9,16H,5-8H2,1-2H3. The average Bonchev–Trinajstić information content (AvgIpc) is 2.27. The Kier molecular flexibility index (Phi) is 6.24. The van der Waals surface area contributed by atoms with Crippen LogP contribution in [0.15, 0.2) is 22.7 Å². The molecule has 0 saturated heterocycles. The molecule has 0 radical (unpaired) electrons. The van der Waals surface area contributed by atoms with Crippen molar-refractivity contribution in [2.75, 3.05) is 33.0 Å². The molecule has 0 saturated carbocycles. The van der Waals surface area contributed by atoms with Gasteiger partial charge in [0, 0.05) is 18.8 Å². The molecular weight excluding hydrogens is 286 g/mol. The predicted octanol–water partition coefficient (Wildman–Crippen LogP) is 2.86. The van der Waals surface area contributed by atoms with Crippen LogP contribution in [0.1, 0.15) is 5.56 Å². The van der Waals surface area contributed by atoms with E-state index in [1.807, 2.05) is 6.07 Å². The largest absolute Gasteiger partial charge is 0.496 e. The van der Waals surface area contributed by atoms with Gasteiger partial charge in [0.25, 0.3) is 0 Å². The summed E-state index contributed by atoms with van der Waals surface area (Å²) in [5, 5.41) is 0. The van der Waals surface area contributed by atoms with Gasteiger partial charge in [-0.15, -0.1) is 0 Å². The van der Waals surface area contributed by atoms with Crippen molar-refractivity contribution < 1.29 is 4.74 Å². The van der Waals surface area contributed by atoms with Crippen LogP contribution in [0, 0.1) is 0 Å². The molecule has 4 heteroatoms. The number of hydrogen-bond donors (Lipinski definition) is 1. The lowest BCUT2D eigenvalue weighted by Crippen LogP contribution is -2.23. The molecule has 0 heterocycles. The van der Waals surface area contributed by atoms with Crippen LogP contribution in [0.5, 0.6) is 5.75 Å². The summed E-state index contributed by atoms with van der Waals surface area (Å²) in [6.07, 6.45) is 1.05. The lowest BCUT2D eigenvalue weighted by atomic mass is 10.1. The van der Waals surface area contributed by atoms with Crippen molar-refractivity contribution in [3.05, 3.63) is 28.2 Å². The summed E-state index contributed by atoms with van der Waals surface area (Å²) in [5.41, 5.74) is 1.32. The van der Waals surface area contributed by atoms with Gasteiger partial charge in [-0.1, -0.05) is 6.07 Å².